The maximum atomic E-state index is 5.34. The van der Waals surface area contributed by atoms with Gasteiger partial charge >= 0.3 is 0 Å². The molecule has 0 unspecified atom stereocenters. The molecule has 0 radical (unpaired) electrons. The highest BCUT2D eigenvalue weighted by atomic mass is 32.2. The molecule has 1 aromatic heterocycles. The van der Waals surface area contributed by atoms with Crippen molar-refractivity contribution < 1.29 is 4.74 Å². The predicted molar refractivity (Wildman–Crippen MR) is 118 cm³/mol. The van der Waals surface area contributed by atoms with Gasteiger partial charge in [0.1, 0.15) is 11.6 Å². The molecule has 0 aliphatic carbocycles. The molecule has 0 atom stereocenters. The van der Waals surface area contributed by atoms with E-state index in [0.29, 0.717) is 0 Å². The molecular weight excluding hydrogens is 378 g/mol. The summed E-state index contributed by atoms with van der Waals surface area (Å²) in [6.45, 7) is 2.10. The second-order valence-corrected chi connectivity index (χ2v) is 7.82. The van der Waals surface area contributed by atoms with E-state index in [1.54, 1.807) is 18.9 Å². The molecule has 0 amide bonds. The van der Waals surface area contributed by atoms with Crippen LogP contribution in [-0.4, -0.2) is 21.9 Å². The number of thioether (sulfide) groups is 1. The zero-order chi connectivity index (χ0) is 20.1. The maximum absolute atomic E-state index is 5.34. The maximum Gasteiger partial charge on any atom is 0.196 e. The molecule has 0 spiro atoms. The summed E-state index contributed by atoms with van der Waals surface area (Å²) in [5.74, 6) is 2.61. The van der Waals surface area contributed by atoms with Crippen LogP contribution >= 0.6 is 11.8 Å². The molecule has 0 fully saturated rings. The van der Waals surface area contributed by atoms with Gasteiger partial charge in [-0.15, -0.1) is 10.2 Å². The van der Waals surface area contributed by atoms with E-state index >= 15 is 0 Å². The van der Waals surface area contributed by atoms with Crippen molar-refractivity contribution in [3.05, 3.63) is 101 Å². The standard InChI is InChI=1S/C24H23N3OS/c1-18-8-6-12-21(14-18)27-23(16-19-9-4-3-5-10-19)25-26-24(27)29-17-20-11-7-13-22(15-20)28-2/h3-15H,16-17H2,1-2H3. The van der Waals surface area contributed by atoms with Crippen LogP contribution in [0.3, 0.4) is 0 Å². The van der Waals surface area contributed by atoms with E-state index in [0.717, 1.165) is 34.6 Å². The molecule has 0 saturated heterocycles. The van der Waals surface area contributed by atoms with Crippen LogP contribution in [0.4, 0.5) is 0 Å². The van der Waals surface area contributed by atoms with E-state index in [-0.39, 0.29) is 0 Å². The van der Waals surface area contributed by atoms with Crippen LogP contribution in [0.25, 0.3) is 5.69 Å². The molecule has 3 aromatic carbocycles. The molecule has 0 aliphatic heterocycles. The smallest absolute Gasteiger partial charge is 0.196 e. The molecule has 0 saturated carbocycles. The van der Waals surface area contributed by atoms with Crippen LogP contribution in [-0.2, 0) is 12.2 Å². The fourth-order valence-electron chi connectivity index (χ4n) is 3.22. The van der Waals surface area contributed by atoms with E-state index in [4.69, 9.17) is 4.74 Å². The van der Waals surface area contributed by atoms with Crippen molar-refractivity contribution in [2.75, 3.05) is 7.11 Å². The quantitative estimate of drug-likeness (QED) is 0.385. The number of rotatable bonds is 7. The minimum atomic E-state index is 0.738. The highest BCUT2D eigenvalue weighted by Crippen LogP contribution is 2.27. The first-order chi connectivity index (χ1) is 14.2. The molecule has 146 valence electrons. The Kier molecular flexibility index (Phi) is 5.96. The molecule has 4 rings (SSSR count). The van der Waals surface area contributed by atoms with Crippen LogP contribution in [0, 0.1) is 6.92 Å². The fourth-order valence-corrected chi connectivity index (χ4v) is 4.14. The largest absolute Gasteiger partial charge is 0.497 e. The summed E-state index contributed by atoms with van der Waals surface area (Å²) in [6.07, 6.45) is 0.738. The summed E-state index contributed by atoms with van der Waals surface area (Å²) in [4.78, 5) is 0. The van der Waals surface area contributed by atoms with E-state index in [9.17, 15) is 0 Å². The highest BCUT2D eigenvalue weighted by molar-refractivity contribution is 7.98. The third-order valence-electron chi connectivity index (χ3n) is 4.67. The Morgan fingerprint density at radius 3 is 2.45 bits per heavy atom. The van der Waals surface area contributed by atoms with Crippen molar-refractivity contribution in [1.82, 2.24) is 14.8 Å². The van der Waals surface area contributed by atoms with Gasteiger partial charge in [-0.1, -0.05) is 66.4 Å². The molecular formula is C24H23N3OS. The predicted octanol–water partition coefficient (Wildman–Crippen LogP) is 5.47. The average molecular weight is 402 g/mol. The lowest BCUT2D eigenvalue weighted by atomic mass is 10.1. The number of nitrogens with zero attached hydrogens (tertiary/aromatic N) is 3. The Balaban J connectivity index is 1.65. The second kappa shape index (κ2) is 8.97. The van der Waals surface area contributed by atoms with E-state index in [2.05, 4.69) is 82.4 Å². The summed E-state index contributed by atoms with van der Waals surface area (Å²) >= 11 is 1.69. The summed E-state index contributed by atoms with van der Waals surface area (Å²) in [5.41, 5.74) is 4.72. The van der Waals surface area contributed by atoms with E-state index < -0.39 is 0 Å². The van der Waals surface area contributed by atoms with Crippen LogP contribution in [0.15, 0.2) is 84.0 Å². The van der Waals surface area contributed by atoms with Gasteiger partial charge in [0.05, 0.1) is 7.11 Å². The average Bonchev–Trinajstić information content (AvgIpc) is 3.15. The number of aryl methyl sites for hydroxylation is 1. The van der Waals surface area contributed by atoms with Gasteiger partial charge in [0.15, 0.2) is 5.16 Å². The topological polar surface area (TPSA) is 39.9 Å². The first-order valence-electron chi connectivity index (χ1n) is 9.54. The van der Waals surface area contributed by atoms with Crippen molar-refractivity contribution in [3.8, 4) is 11.4 Å². The number of hydrogen-bond donors (Lipinski definition) is 0. The summed E-state index contributed by atoms with van der Waals surface area (Å²) in [5, 5.41) is 9.94. The van der Waals surface area contributed by atoms with Gasteiger partial charge in [0, 0.05) is 17.9 Å². The van der Waals surface area contributed by atoms with Gasteiger partial charge < -0.3 is 4.74 Å². The van der Waals surface area contributed by atoms with Crippen LogP contribution < -0.4 is 4.74 Å². The number of hydrogen-bond acceptors (Lipinski definition) is 4. The Morgan fingerprint density at radius 1 is 0.862 bits per heavy atom. The van der Waals surface area contributed by atoms with Crippen LogP contribution in [0.2, 0.25) is 0 Å². The summed E-state index contributed by atoms with van der Waals surface area (Å²) in [7, 11) is 1.69. The van der Waals surface area contributed by atoms with Crippen molar-refractivity contribution >= 4 is 11.8 Å². The lowest BCUT2D eigenvalue weighted by Crippen LogP contribution is -2.04. The normalized spacial score (nSPS) is 10.8. The third-order valence-corrected chi connectivity index (χ3v) is 5.67. The second-order valence-electron chi connectivity index (χ2n) is 6.88. The van der Waals surface area contributed by atoms with Gasteiger partial charge in [0.2, 0.25) is 0 Å². The monoisotopic (exact) mass is 401 g/mol. The first kappa shape index (κ1) is 19.3. The summed E-state index contributed by atoms with van der Waals surface area (Å²) < 4.78 is 7.51. The SMILES string of the molecule is COc1cccc(CSc2nnc(Cc3ccccc3)n2-c2cccc(C)c2)c1. The minimum Gasteiger partial charge on any atom is -0.497 e. The number of ether oxygens (including phenoxy) is 1. The molecule has 0 N–H and O–H groups in total. The molecule has 1 heterocycles. The molecule has 4 aromatic rings. The van der Waals surface area contributed by atoms with E-state index in [1.807, 2.05) is 18.2 Å². The van der Waals surface area contributed by atoms with Crippen LogP contribution in [0.1, 0.15) is 22.5 Å². The zero-order valence-electron chi connectivity index (χ0n) is 16.6. The van der Waals surface area contributed by atoms with E-state index in [1.165, 1.54) is 16.7 Å². The van der Waals surface area contributed by atoms with Crippen molar-refractivity contribution in [1.29, 1.82) is 0 Å². The molecule has 0 aliphatic rings. The summed E-state index contributed by atoms with van der Waals surface area (Å²) in [6, 6.07) is 27.0. The lowest BCUT2D eigenvalue weighted by Gasteiger charge is -2.11. The molecule has 0 bridgehead atoms. The Hall–Kier alpha value is -3.05. The van der Waals surface area contributed by atoms with Gasteiger partial charge in [-0.25, -0.2) is 0 Å². The van der Waals surface area contributed by atoms with Crippen molar-refractivity contribution in [2.24, 2.45) is 0 Å². The number of methoxy groups -OCH3 is 1. The Labute approximate surface area is 175 Å². The van der Waals surface area contributed by atoms with Crippen molar-refractivity contribution in [2.45, 2.75) is 24.3 Å². The number of benzene rings is 3. The van der Waals surface area contributed by atoms with Gasteiger partial charge in [0.25, 0.3) is 0 Å². The van der Waals surface area contributed by atoms with Gasteiger partial charge in [-0.3, -0.25) is 4.57 Å². The minimum absolute atomic E-state index is 0.738. The first-order valence-corrected chi connectivity index (χ1v) is 10.5. The Bertz CT molecular complexity index is 1090. The van der Waals surface area contributed by atoms with Gasteiger partial charge in [-0.05, 0) is 47.9 Å². The zero-order valence-corrected chi connectivity index (χ0v) is 17.4. The fraction of sp³-hybridized carbons (Fsp3) is 0.167. The highest BCUT2D eigenvalue weighted by Gasteiger charge is 2.15. The molecule has 29 heavy (non-hydrogen) atoms. The third kappa shape index (κ3) is 4.69. The molecule has 5 heteroatoms. The molecule has 4 nitrogen and oxygen atoms in total. The lowest BCUT2D eigenvalue weighted by molar-refractivity contribution is 0.414. The Morgan fingerprint density at radius 2 is 1.66 bits per heavy atom. The van der Waals surface area contributed by atoms with Crippen molar-refractivity contribution in [3.63, 3.8) is 0 Å². The van der Waals surface area contributed by atoms with Gasteiger partial charge in [-0.2, -0.15) is 0 Å². The van der Waals surface area contributed by atoms with Crippen LogP contribution in [0.5, 0.6) is 5.75 Å². The number of aromatic nitrogens is 3.